The van der Waals surface area contributed by atoms with Gasteiger partial charge in [-0.05, 0) is 30.7 Å². The molecule has 3 aromatic rings. The highest BCUT2D eigenvalue weighted by Crippen LogP contribution is 2.23. The lowest BCUT2D eigenvalue weighted by Gasteiger charge is -2.06. The molecule has 0 bridgehead atoms. The van der Waals surface area contributed by atoms with Crippen LogP contribution in [0.15, 0.2) is 42.6 Å². The summed E-state index contributed by atoms with van der Waals surface area (Å²) in [5.74, 6) is -0.0710. The number of aromatic hydroxyl groups is 1. The fourth-order valence-electron chi connectivity index (χ4n) is 2.39. The molecule has 1 amide bonds. The molecular formula is C16H15N3O2. The minimum atomic E-state index is -0.211. The Bertz CT molecular complexity index is 808. The molecule has 5 heteroatoms. The smallest absolute Gasteiger partial charge is 0.230 e. The van der Waals surface area contributed by atoms with Gasteiger partial charge in [0.25, 0.3) is 0 Å². The molecule has 0 fully saturated rings. The van der Waals surface area contributed by atoms with Crippen molar-refractivity contribution >= 4 is 22.6 Å². The molecule has 0 saturated heterocycles. The lowest BCUT2D eigenvalue weighted by atomic mass is 10.1. The molecule has 0 aliphatic heterocycles. The number of amides is 1. The van der Waals surface area contributed by atoms with Gasteiger partial charge in [0.2, 0.25) is 5.91 Å². The number of nitrogens with zero attached hydrogens (tertiary/aromatic N) is 1. The van der Waals surface area contributed by atoms with Crippen molar-refractivity contribution in [2.75, 3.05) is 5.32 Å². The molecule has 5 nitrogen and oxygen atoms in total. The van der Waals surface area contributed by atoms with E-state index in [1.807, 2.05) is 31.2 Å². The molecule has 2 heterocycles. The fourth-order valence-corrected chi connectivity index (χ4v) is 2.39. The van der Waals surface area contributed by atoms with Crippen molar-refractivity contribution in [3.8, 4) is 5.75 Å². The first kappa shape index (κ1) is 13.2. The summed E-state index contributed by atoms with van der Waals surface area (Å²) in [6.07, 6.45) is 1.75. The van der Waals surface area contributed by atoms with Crippen LogP contribution in [0.2, 0.25) is 0 Å². The number of fused-ring (bicyclic) bond motifs is 1. The molecule has 0 radical (unpaired) electrons. The Hall–Kier alpha value is -2.82. The summed E-state index contributed by atoms with van der Waals surface area (Å²) in [6.45, 7) is 1.95. The third kappa shape index (κ3) is 2.58. The van der Waals surface area contributed by atoms with Crippen molar-refractivity contribution < 1.29 is 9.90 Å². The zero-order valence-corrected chi connectivity index (χ0v) is 11.6. The second kappa shape index (κ2) is 5.28. The van der Waals surface area contributed by atoms with Gasteiger partial charge in [-0.15, -0.1) is 0 Å². The van der Waals surface area contributed by atoms with Gasteiger partial charge in [-0.3, -0.25) is 4.79 Å². The maximum atomic E-state index is 12.2. The highest BCUT2D eigenvalue weighted by molar-refractivity contribution is 5.96. The van der Waals surface area contributed by atoms with E-state index in [0.717, 1.165) is 22.2 Å². The summed E-state index contributed by atoms with van der Waals surface area (Å²) in [6, 6.07) is 11.0. The van der Waals surface area contributed by atoms with Crippen LogP contribution in [-0.4, -0.2) is 21.0 Å². The molecule has 3 N–H and O–H groups in total. The molecule has 1 aromatic carbocycles. The maximum Gasteiger partial charge on any atom is 0.230 e. The van der Waals surface area contributed by atoms with Crippen LogP contribution in [-0.2, 0) is 11.2 Å². The molecular weight excluding hydrogens is 266 g/mol. The van der Waals surface area contributed by atoms with Gasteiger partial charge in [-0.1, -0.05) is 18.2 Å². The van der Waals surface area contributed by atoms with Crippen LogP contribution in [0, 0.1) is 6.92 Å². The van der Waals surface area contributed by atoms with Crippen molar-refractivity contribution in [1.29, 1.82) is 0 Å². The van der Waals surface area contributed by atoms with Gasteiger partial charge in [0.1, 0.15) is 0 Å². The van der Waals surface area contributed by atoms with Crippen LogP contribution in [0.1, 0.15) is 11.3 Å². The summed E-state index contributed by atoms with van der Waals surface area (Å²) < 4.78 is 0. The van der Waals surface area contributed by atoms with Crippen molar-refractivity contribution in [2.45, 2.75) is 13.3 Å². The number of benzene rings is 1. The Labute approximate surface area is 121 Å². The molecule has 0 spiro atoms. The number of para-hydroxylation sites is 1. The van der Waals surface area contributed by atoms with Crippen LogP contribution in [0.3, 0.4) is 0 Å². The quantitative estimate of drug-likeness (QED) is 0.690. The molecule has 0 aliphatic rings. The average molecular weight is 281 g/mol. The van der Waals surface area contributed by atoms with Crippen molar-refractivity contribution in [2.24, 2.45) is 0 Å². The first-order valence-corrected chi connectivity index (χ1v) is 6.65. The molecule has 0 saturated carbocycles. The first-order chi connectivity index (χ1) is 10.1. The third-order valence-electron chi connectivity index (χ3n) is 3.41. The molecule has 106 valence electrons. The van der Waals surface area contributed by atoms with Gasteiger partial charge in [0.15, 0.2) is 11.6 Å². The molecule has 0 atom stereocenters. The van der Waals surface area contributed by atoms with Gasteiger partial charge < -0.3 is 15.4 Å². The Balaban J connectivity index is 1.84. The monoisotopic (exact) mass is 281 g/mol. The van der Waals surface area contributed by atoms with E-state index in [0.29, 0.717) is 0 Å². The number of hydrogen-bond donors (Lipinski definition) is 3. The molecule has 3 rings (SSSR count). The summed E-state index contributed by atoms with van der Waals surface area (Å²) in [5.41, 5.74) is 2.94. The van der Waals surface area contributed by atoms with E-state index in [1.165, 1.54) is 12.3 Å². The Morgan fingerprint density at radius 2 is 2.10 bits per heavy atom. The summed E-state index contributed by atoms with van der Waals surface area (Å²) in [7, 11) is 0. The van der Waals surface area contributed by atoms with Gasteiger partial charge in [-0.25, -0.2) is 4.98 Å². The summed E-state index contributed by atoms with van der Waals surface area (Å²) >= 11 is 0. The SMILES string of the molecule is Cc1[nH]c2ccccc2c1CC(=O)Nc1ncccc1O. The average Bonchev–Trinajstić information content (AvgIpc) is 2.78. The zero-order valence-electron chi connectivity index (χ0n) is 11.6. The summed E-state index contributed by atoms with van der Waals surface area (Å²) in [4.78, 5) is 19.4. The van der Waals surface area contributed by atoms with Crippen LogP contribution in [0.4, 0.5) is 5.82 Å². The van der Waals surface area contributed by atoms with Gasteiger partial charge in [0.05, 0.1) is 6.42 Å². The van der Waals surface area contributed by atoms with Gasteiger partial charge in [-0.2, -0.15) is 0 Å². The normalized spacial score (nSPS) is 10.7. The number of anilines is 1. The van der Waals surface area contributed by atoms with Gasteiger partial charge >= 0.3 is 0 Å². The van der Waals surface area contributed by atoms with E-state index in [2.05, 4.69) is 15.3 Å². The number of aryl methyl sites for hydroxylation is 1. The topological polar surface area (TPSA) is 78.0 Å². The van der Waals surface area contributed by atoms with E-state index in [1.54, 1.807) is 6.07 Å². The first-order valence-electron chi connectivity index (χ1n) is 6.65. The minimum Gasteiger partial charge on any atom is -0.504 e. The number of pyridine rings is 1. The fraction of sp³-hybridized carbons (Fsp3) is 0.125. The number of nitrogens with one attached hydrogen (secondary N) is 2. The molecule has 2 aromatic heterocycles. The standard InChI is InChI=1S/C16H15N3O2/c1-10-12(11-5-2-3-6-13(11)18-10)9-15(21)19-16-14(20)7-4-8-17-16/h2-8,18,20H,9H2,1H3,(H,17,19,21). The Morgan fingerprint density at radius 3 is 2.90 bits per heavy atom. The third-order valence-corrected chi connectivity index (χ3v) is 3.41. The van der Waals surface area contributed by atoms with Crippen molar-refractivity contribution in [1.82, 2.24) is 9.97 Å². The number of carbonyl (C=O) groups excluding carboxylic acids is 1. The second-order valence-corrected chi connectivity index (χ2v) is 4.87. The lowest BCUT2D eigenvalue weighted by Crippen LogP contribution is -2.15. The van der Waals surface area contributed by atoms with Crippen LogP contribution in [0.25, 0.3) is 10.9 Å². The van der Waals surface area contributed by atoms with Crippen LogP contribution in [0.5, 0.6) is 5.75 Å². The van der Waals surface area contributed by atoms with Crippen LogP contribution < -0.4 is 5.32 Å². The van der Waals surface area contributed by atoms with E-state index < -0.39 is 0 Å². The second-order valence-electron chi connectivity index (χ2n) is 4.87. The number of aromatic amines is 1. The summed E-state index contributed by atoms with van der Waals surface area (Å²) in [5, 5.41) is 13.3. The van der Waals surface area contributed by atoms with E-state index >= 15 is 0 Å². The molecule has 0 aliphatic carbocycles. The predicted octanol–water partition coefficient (Wildman–Crippen LogP) is 2.76. The Kier molecular flexibility index (Phi) is 3.31. The Morgan fingerprint density at radius 1 is 1.29 bits per heavy atom. The predicted molar refractivity (Wildman–Crippen MR) is 81.3 cm³/mol. The molecule has 21 heavy (non-hydrogen) atoms. The highest BCUT2D eigenvalue weighted by atomic mass is 16.3. The van der Waals surface area contributed by atoms with Gasteiger partial charge in [0, 0.05) is 22.8 Å². The number of carbonyl (C=O) groups is 1. The number of H-pyrrole nitrogens is 1. The lowest BCUT2D eigenvalue weighted by molar-refractivity contribution is -0.115. The van der Waals surface area contributed by atoms with Crippen LogP contribution >= 0.6 is 0 Å². The van der Waals surface area contributed by atoms with Crippen molar-refractivity contribution in [3.63, 3.8) is 0 Å². The maximum absolute atomic E-state index is 12.2. The van der Waals surface area contributed by atoms with E-state index in [4.69, 9.17) is 0 Å². The number of rotatable bonds is 3. The minimum absolute atomic E-state index is 0.0403. The molecule has 0 unspecified atom stereocenters. The number of aromatic nitrogens is 2. The number of hydrogen-bond acceptors (Lipinski definition) is 3. The van der Waals surface area contributed by atoms with Crippen molar-refractivity contribution in [3.05, 3.63) is 53.9 Å². The highest BCUT2D eigenvalue weighted by Gasteiger charge is 2.13. The zero-order chi connectivity index (χ0) is 14.8. The van der Waals surface area contributed by atoms with E-state index in [9.17, 15) is 9.90 Å². The largest absolute Gasteiger partial charge is 0.504 e. The van der Waals surface area contributed by atoms with E-state index in [-0.39, 0.29) is 23.9 Å².